The van der Waals surface area contributed by atoms with E-state index in [0.717, 1.165) is 30.0 Å². The Morgan fingerprint density at radius 2 is 1.65 bits per heavy atom. The van der Waals surface area contributed by atoms with Crippen molar-refractivity contribution in [3.05, 3.63) is 67.0 Å². The van der Waals surface area contributed by atoms with Gasteiger partial charge in [-0.15, -0.1) is 0 Å². The Morgan fingerprint density at radius 1 is 0.953 bits per heavy atom. The van der Waals surface area contributed by atoms with Gasteiger partial charge in [0.15, 0.2) is 0 Å². The first-order chi connectivity index (χ1) is 20.8. The molecule has 2 aliphatic rings. The summed E-state index contributed by atoms with van der Waals surface area (Å²) in [5, 5.41) is 7.67. The first-order valence-electron chi connectivity index (χ1n) is 14.8. The molecule has 0 spiro atoms. The zero-order valence-corrected chi connectivity index (χ0v) is 24.9. The molecule has 5 rings (SSSR count). The third-order valence-corrected chi connectivity index (χ3v) is 9.48. The number of likely N-dealkylation sites (tertiary alicyclic amines) is 1. The van der Waals surface area contributed by atoms with Gasteiger partial charge < -0.3 is 15.5 Å². The molecule has 0 aliphatic carbocycles. The highest BCUT2D eigenvalue weighted by Crippen LogP contribution is 2.25. The molecule has 0 radical (unpaired) electrons. The number of sulfonamides is 1. The molecule has 3 N–H and O–H groups in total. The first-order valence-corrected chi connectivity index (χ1v) is 16.3. The minimum atomic E-state index is -3.97. The van der Waals surface area contributed by atoms with Crippen LogP contribution in [-0.2, 0) is 24.4 Å². The number of hydrogen-bond donors (Lipinski definition) is 3. The molecule has 2 aromatic carbocycles. The number of pyridine rings is 1. The Labute approximate surface area is 252 Å². The maximum atomic E-state index is 14.0. The lowest BCUT2D eigenvalue weighted by Gasteiger charge is -2.38. The second-order valence-electron chi connectivity index (χ2n) is 11.0. The molecule has 1 atom stereocenters. The van der Waals surface area contributed by atoms with Crippen LogP contribution in [0.2, 0.25) is 0 Å². The SMILES string of the molecule is O=C(CNS(=O)(=O)c1ccc2ccccc2c1)NCC(C(=O)N1CCCCC1)N(C(=O)C1CCNCC1)c1ccncc1. The van der Waals surface area contributed by atoms with E-state index in [9.17, 15) is 22.8 Å². The number of anilines is 1. The average Bonchev–Trinajstić information content (AvgIpc) is 3.06. The Morgan fingerprint density at radius 3 is 2.37 bits per heavy atom. The van der Waals surface area contributed by atoms with Crippen LogP contribution in [0.1, 0.15) is 32.1 Å². The number of aromatic nitrogens is 1. The molecule has 1 unspecified atom stereocenters. The summed E-state index contributed by atoms with van der Waals surface area (Å²) in [6, 6.07) is 14.6. The third kappa shape index (κ3) is 7.56. The lowest BCUT2D eigenvalue weighted by atomic mass is 9.95. The average molecular weight is 607 g/mol. The highest BCUT2D eigenvalue weighted by molar-refractivity contribution is 7.89. The number of benzene rings is 2. The van der Waals surface area contributed by atoms with E-state index in [2.05, 4.69) is 20.3 Å². The molecular weight excluding hydrogens is 568 g/mol. The number of rotatable bonds is 10. The van der Waals surface area contributed by atoms with Crippen LogP contribution in [0.3, 0.4) is 0 Å². The summed E-state index contributed by atoms with van der Waals surface area (Å²) in [6.07, 6.45) is 7.21. The molecule has 0 saturated carbocycles. The van der Waals surface area contributed by atoms with E-state index in [1.165, 1.54) is 11.0 Å². The normalized spacial score (nSPS) is 16.9. The summed E-state index contributed by atoms with van der Waals surface area (Å²) >= 11 is 0. The van der Waals surface area contributed by atoms with Gasteiger partial charge in [0.05, 0.1) is 11.4 Å². The Kier molecular flexibility index (Phi) is 10.0. The van der Waals surface area contributed by atoms with Gasteiger partial charge in [0.1, 0.15) is 6.04 Å². The number of piperidine rings is 2. The number of carbonyl (C=O) groups is 3. The van der Waals surface area contributed by atoms with E-state index < -0.39 is 28.5 Å². The molecule has 1 aromatic heterocycles. The van der Waals surface area contributed by atoms with E-state index in [1.807, 2.05) is 24.3 Å². The molecule has 3 aromatic rings. The molecule has 3 heterocycles. The molecule has 2 saturated heterocycles. The van der Waals surface area contributed by atoms with Crippen LogP contribution >= 0.6 is 0 Å². The van der Waals surface area contributed by atoms with Crippen molar-refractivity contribution < 1.29 is 22.8 Å². The Balaban J connectivity index is 1.33. The summed E-state index contributed by atoms with van der Waals surface area (Å²) in [5.74, 6) is -1.29. The Bertz CT molecular complexity index is 1540. The zero-order valence-electron chi connectivity index (χ0n) is 24.1. The van der Waals surface area contributed by atoms with Crippen LogP contribution in [0.5, 0.6) is 0 Å². The van der Waals surface area contributed by atoms with Crippen molar-refractivity contribution in [2.45, 2.75) is 43.0 Å². The largest absolute Gasteiger partial charge is 0.352 e. The highest BCUT2D eigenvalue weighted by atomic mass is 32.2. The molecule has 43 heavy (non-hydrogen) atoms. The van der Waals surface area contributed by atoms with E-state index in [-0.39, 0.29) is 29.2 Å². The lowest BCUT2D eigenvalue weighted by Crippen LogP contribution is -2.58. The van der Waals surface area contributed by atoms with Crippen molar-refractivity contribution in [1.29, 1.82) is 0 Å². The number of amides is 3. The fourth-order valence-corrected chi connectivity index (χ4v) is 6.71. The van der Waals surface area contributed by atoms with Crippen molar-refractivity contribution in [3.8, 4) is 0 Å². The zero-order chi connectivity index (χ0) is 30.2. The number of nitrogens with zero attached hydrogens (tertiary/aromatic N) is 3. The monoisotopic (exact) mass is 606 g/mol. The molecule has 0 bridgehead atoms. The van der Waals surface area contributed by atoms with Crippen LogP contribution in [0, 0.1) is 5.92 Å². The minimum absolute atomic E-state index is 0.0496. The van der Waals surface area contributed by atoms with Crippen LogP contribution in [0.4, 0.5) is 5.69 Å². The van der Waals surface area contributed by atoms with Crippen LogP contribution in [0.15, 0.2) is 71.9 Å². The fourth-order valence-electron chi connectivity index (χ4n) is 5.70. The molecule has 2 aliphatic heterocycles. The van der Waals surface area contributed by atoms with Crippen LogP contribution in [0.25, 0.3) is 10.8 Å². The molecule has 12 heteroatoms. The van der Waals surface area contributed by atoms with Crippen molar-refractivity contribution in [2.75, 3.05) is 44.2 Å². The van der Waals surface area contributed by atoms with Crippen molar-refractivity contribution in [3.63, 3.8) is 0 Å². The Hall–Kier alpha value is -3.87. The quantitative estimate of drug-likeness (QED) is 0.321. The van der Waals surface area contributed by atoms with Crippen molar-refractivity contribution >= 4 is 44.2 Å². The van der Waals surface area contributed by atoms with Gasteiger partial charge in [-0.3, -0.25) is 24.3 Å². The molecule has 228 valence electrons. The van der Waals surface area contributed by atoms with Gasteiger partial charge in [-0.1, -0.05) is 30.3 Å². The van der Waals surface area contributed by atoms with E-state index in [0.29, 0.717) is 44.7 Å². The summed E-state index contributed by atoms with van der Waals surface area (Å²) < 4.78 is 28.3. The van der Waals surface area contributed by atoms with Gasteiger partial charge >= 0.3 is 0 Å². The number of fused-ring (bicyclic) bond motifs is 1. The summed E-state index contributed by atoms with van der Waals surface area (Å²) in [6.45, 7) is 1.90. The number of hydrogen-bond acceptors (Lipinski definition) is 7. The highest BCUT2D eigenvalue weighted by Gasteiger charge is 2.38. The van der Waals surface area contributed by atoms with Crippen molar-refractivity contribution in [1.82, 2.24) is 25.2 Å². The van der Waals surface area contributed by atoms with E-state index >= 15 is 0 Å². The number of carbonyl (C=O) groups excluding carboxylic acids is 3. The van der Waals surface area contributed by atoms with Gasteiger partial charge in [0.2, 0.25) is 27.7 Å². The standard InChI is InChI=1S/C31H38N6O5S/c38-29(22-35-43(41,42)27-9-8-23-6-2-3-7-25(23)20-27)34-21-28(31(40)36-18-4-1-5-19-36)37(26-12-16-33-17-13-26)30(39)24-10-14-32-15-11-24/h2-3,6-9,12-13,16-17,20,24,28,32,35H,1,4-5,10-11,14-15,18-19,21-22H2,(H,34,38). The lowest BCUT2D eigenvalue weighted by molar-refractivity contribution is -0.136. The molecule has 11 nitrogen and oxygen atoms in total. The summed E-state index contributed by atoms with van der Waals surface area (Å²) in [5.41, 5.74) is 0.528. The predicted molar refractivity (Wildman–Crippen MR) is 164 cm³/mol. The fraction of sp³-hybridized carbons (Fsp3) is 0.419. The van der Waals surface area contributed by atoms with E-state index in [4.69, 9.17) is 0 Å². The molecular formula is C31H38N6O5S. The predicted octanol–water partition coefficient (Wildman–Crippen LogP) is 2.04. The second kappa shape index (κ2) is 14.1. The molecule has 3 amide bonds. The summed E-state index contributed by atoms with van der Waals surface area (Å²) in [4.78, 5) is 48.3. The minimum Gasteiger partial charge on any atom is -0.352 e. The second-order valence-corrected chi connectivity index (χ2v) is 12.7. The van der Waals surface area contributed by atoms with Gasteiger partial charge in [-0.05, 0) is 80.2 Å². The number of nitrogens with one attached hydrogen (secondary N) is 3. The van der Waals surface area contributed by atoms with Gasteiger partial charge in [0.25, 0.3) is 0 Å². The van der Waals surface area contributed by atoms with Crippen molar-refractivity contribution in [2.24, 2.45) is 5.92 Å². The van der Waals surface area contributed by atoms with Gasteiger partial charge in [0, 0.05) is 43.6 Å². The third-order valence-electron chi connectivity index (χ3n) is 8.08. The maximum Gasteiger partial charge on any atom is 0.247 e. The first kappa shape index (κ1) is 30.6. The summed E-state index contributed by atoms with van der Waals surface area (Å²) in [7, 11) is -3.97. The smallest absolute Gasteiger partial charge is 0.247 e. The topological polar surface area (TPSA) is 141 Å². The van der Waals surface area contributed by atoms with Gasteiger partial charge in [-0.25, -0.2) is 13.1 Å². The van der Waals surface area contributed by atoms with E-state index in [1.54, 1.807) is 41.6 Å². The van der Waals surface area contributed by atoms with Gasteiger partial charge in [-0.2, -0.15) is 0 Å². The van der Waals surface area contributed by atoms with Crippen LogP contribution < -0.4 is 20.3 Å². The maximum absolute atomic E-state index is 14.0. The molecule has 2 fully saturated rings. The van der Waals surface area contributed by atoms with Crippen LogP contribution in [-0.4, -0.2) is 81.3 Å².